The zero-order valence-electron chi connectivity index (χ0n) is 16.0. The first-order valence-electron chi connectivity index (χ1n) is 9.36. The summed E-state index contributed by atoms with van der Waals surface area (Å²) in [5, 5.41) is 3.91. The van der Waals surface area contributed by atoms with Crippen LogP contribution >= 0.6 is 0 Å². The molecule has 2 aromatic heterocycles. The number of amides is 1. The minimum atomic E-state index is -0.281. The molecule has 0 fully saturated rings. The van der Waals surface area contributed by atoms with Crippen LogP contribution in [0.5, 0.6) is 0 Å². The summed E-state index contributed by atoms with van der Waals surface area (Å²) >= 11 is 0. The lowest BCUT2D eigenvalue weighted by molar-refractivity contribution is 0.0998. The fourth-order valence-electron chi connectivity index (χ4n) is 3.46. The van der Waals surface area contributed by atoms with E-state index < -0.39 is 0 Å². The van der Waals surface area contributed by atoms with Crippen LogP contribution in [0.2, 0.25) is 0 Å². The van der Waals surface area contributed by atoms with Crippen molar-refractivity contribution in [2.45, 2.75) is 13.8 Å². The van der Waals surface area contributed by atoms with Crippen LogP contribution in [0.15, 0.2) is 75.6 Å². The van der Waals surface area contributed by atoms with E-state index in [1.165, 1.54) is 0 Å². The summed E-state index contributed by atoms with van der Waals surface area (Å²) < 4.78 is 11.6. The van der Waals surface area contributed by atoms with Crippen molar-refractivity contribution in [3.8, 4) is 11.5 Å². The van der Waals surface area contributed by atoms with Gasteiger partial charge in [-0.15, -0.1) is 0 Å². The molecule has 29 heavy (non-hydrogen) atoms. The van der Waals surface area contributed by atoms with Crippen LogP contribution < -0.4 is 5.32 Å². The minimum absolute atomic E-state index is 0.281. The average Bonchev–Trinajstić information content (AvgIpc) is 3.31. The summed E-state index contributed by atoms with van der Waals surface area (Å²) in [6.07, 6.45) is 0. The van der Waals surface area contributed by atoms with E-state index >= 15 is 0 Å². The number of nitrogens with zero attached hydrogens (tertiary/aromatic N) is 1. The van der Waals surface area contributed by atoms with Crippen LogP contribution in [0.4, 0.5) is 5.69 Å². The standard InChI is InChI=1S/C24H18N2O3/c1-14-11-12-16(24-26-18-8-4-6-10-21(18)29-24)13-19(14)25-23(27)22-15(2)17-7-3-5-9-20(17)28-22/h3-13H,1-2H3,(H,25,27). The Morgan fingerprint density at radius 1 is 0.897 bits per heavy atom. The number of fused-ring (bicyclic) bond motifs is 2. The van der Waals surface area contributed by atoms with Gasteiger partial charge in [-0.3, -0.25) is 4.79 Å². The molecule has 0 aliphatic heterocycles. The van der Waals surface area contributed by atoms with Gasteiger partial charge in [0.05, 0.1) is 0 Å². The number of benzene rings is 3. The lowest BCUT2D eigenvalue weighted by Crippen LogP contribution is -2.13. The van der Waals surface area contributed by atoms with Crippen molar-refractivity contribution in [1.29, 1.82) is 0 Å². The Morgan fingerprint density at radius 3 is 2.45 bits per heavy atom. The van der Waals surface area contributed by atoms with Gasteiger partial charge < -0.3 is 14.2 Å². The number of furan rings is 1. The number of aryl methyl sites for hydroxylation is 2. The first kappa shape index (κ1) is 17.3. The van der Waals surface area contributed by atoms with Crippen LogP contribution in [-0.4, -0.2) is 10.9 Å². The monoisotopic (exact) mass is 382 g/mol. The molecule has 5 rings (SSSR count). The van der Waals surface area contributed by atoms with E-state index in [9.17, 15) is 4.79 Å². The molecule has 5 nitrogen and oxygen atoms in total. The molecule has 0 aliphatic carbocycles. The third-order valence-corrected chi connectivity index (χ3v) is 5.08. The first-order chi connectivity index (χ1) is 14.1. The molecule has 1 N–H and O–H groups in total. The van der Waals surface area contributed by atoms with Crippen molar-refractivity contribution in [1.82, 2.24) is 4.98 Å². The number of oxazole rings is 1. The van der Waals surface area contributed by atoms with Gasteiger partial charge in [0, 0.05) is 22.2 Å². The Labute approximate surface area is 167 Å². The summed E-state index contributed by atoms with van der Waals surface area (Å²) in [6, 6.07) is 21.0. The second-order valence-corrected chi connectivity index (χ2v) is 7.02. The summed E-state index contributed by atoms with van der Waals surface area (Å²) in [7, 11) is 0. The molecule has 0 bridgehead atoms. The Kier molecular flexibility index (Phi) is 3.95. The van der Waals surface area contributed by atoms with Gasteiger partial charge in [-0.2, -0.15) is 0 Å². The van der Waals surface area contributed by atoms with Crippen molar-refractivity contribution in [3.63, 3.8) is 0 Å². The fourth-order valence-corrected chi connectivity index (χ4v) is 3.46. The lowest BCUT2D eigenvalue weighted by atomic mass is 10.1. The fraction of sp³-hybridized carbons (Fsp3) is 0.0833. The minimum Gasteiger partial charge on any atom is -0.451 e. The molecule has 0 atom stereocenters. The van der Waals surface area contributed by atoms with Crippen LogP contribution in [0.1, 0.15) is 21.7 Å². The van der Waals surface area contributed by atoms with Crippen molar-refractivity contribution in [2.24, 2.45) is 0 Å². The normalized spacial score (nSPS) is 11.2. The molecular formula is C24H18N2O3. The highest BCUT2D eigenvalue weighted by atomic mass is 16.4. The summed E-state index contributed by atoms with van der Waals surface area (Å²) in [5.74, 6) is 0.552. The first-order valence-corrected chi connectivity index (χ1v) is 9.36. The summed E-state index contributed by atoms with van der Waals surface area (Å²) in [4.78, 5) is 17.4. The highest BCUT2D eigenvalue weighted by Gasteiger charge is 2.19. The van der Waals surface area contributed by atoms with Crippen molar-refractivity contribution in [3.05, 3.63) is 83.6 Å². The zero-order valence-corrected chi connectivity index (χ0v) is 16.0. The molecule has 0 unspecified atom stereocenters. The number of anilines is 1. The number of rotatable bonds is 3. The highest BCUT2D eigenvalue weighted by molar-refractivity contribution is 6.07. The van der Waals surface area contributed by atoms with Crippen LogP contribution in [0.3, 0.4) is 0 Å². The highest BCUT2D eigenvalue weighted by Crippen LogP contribution is 2.29. The largest absolute Gasteiger partial charge is 0.451 e. The molecule has 0 saturated heterocycles. The van der Waals surface area contributed by atoms with Gasteiger partial charge in [0.1, 0.15) is 11.1 Å². The van der Waals surface area contributed by atoms with Crippen LogP contribution in [0, 0.1) is 13.8 Å². The summed E-state index contributed by atoms with van der Waals surface area (Å²) in [5.41, 5.74) is 5.47. The van der Waals surface area contributed by atoms with Gasteiger partial charge >= 0.3 is 0 Å². The maximum absolute atomic E-state index is 12.9. The molecule has 142 valence electrons. The molecule has 5 aromatic rings. The summed E-state index contributed by atoms with van der Waals surface area (Å²) in [6.45, 7) is 3.83. The van der Waals surface area contributed by atoms with Crippen LogP contribution in [-0.2, 0) is 0 Å². The van der Waals surface area contributed by atoms with Gasteiger partial charge in [-0.25, -0.2) is 4.98 Å². The topological polar surface area (TPSA) is 68.3 Å². The van der Waals surface area contributed by atoms with Gasteiger partial charge in [-0.05, 0) is 49.7 Å². The molecule has 0 spiro atoms. The average molecular weight is 382 g/mol. The van der Waals surface area contributed by atoms with Gasteiger partial charge in [-0.1, -0.05) is 36.4 Å². The Hall–Kier alpha value is -3.86. The van der Waals surface area contributed by atoms with Crippen molar-refractivity contribution >= 4 is 33.7 Å². The van der Waals surface area contributed by atoms with Crippen LogP contribution in [0.25, 0.3) is 33.5 Å². The molecule has 3 aromatic carbocycles. The number of aromatic nitrogens is 1. The van der Waals surface area contributed by atoms with E-state index in [1.807, 2.05) is 80.6 Å². The van der Waals surface area contributed by atoms with E-state index in [4.69, 9.17) is 8.83 Å². The van der Waals surface area contributed by atoms with E-state index in [1.54, 1.807) is 0 Å². The quantitative estimate of drug-likeness (QED) is 0.409. The smallest absolute Gasteiger partial charge is 0.291 e. The molecule has 2 heterocycles. The number of carbonyl (C=O) groups is 1. The maximum atomic E-state index is 12.9. The van der Waals surface area contributed by atoms with E-state index in [0.29, 0.717) is 22.9 Å². The number of para-hydroxylation sites is 3. The van der Waals surface area contributed by atoms with E-state index in [0.717, 1.165) is 33.2 Å². The van der Waals surface area contributed by atoms with E-state index in [-0.39, 0.29) is 5.91 Å². The number of nitrogens with one attached hydrogen (secondary N) is 1. The molecule has 0 saturated carbocycles. The Morgan fingerprint density at radius 2 is 1.66 bits per heavy atom. The van der Waals surface area contributed by atoms with Gasteiger partial charge in [0.25, 0.3) is 5.91 Å². The molecule has 0 aliphatic rings. The molecule has 5 heteroatoms. The molecule has 1 amide bonds. The number of carbonyl (C=O) groups excluding carboxylic acids is 1. The zero-order chi connectivity index (χ0) is 20.0. The third kappa shape index (κ3) is 2.97. The van der Waals surface area contributed by atoms with Gasteiger partial charge in [0.15, 0.2) is 11.3 Å². The third-order valence-electron chi connectivity index (χ3n) is 5.08. The SMILES string of the molecule is Cc1ccc(-c2nc3ccccc3o2)cc1NC(=O)c1oc2ccccc2c1C. The van der Waals surface area contributed by atoms with Gasteiger partial charge in [0.2, 0.25) is 5.89 Å². The lowest BCUT2D eigenvalue weighted by Gasteiger charge is -2.09. The van der Waals surface area contributed by atoms with E-state index in [2.05, 4.69) is 10.3 Å². The number of hydrogen-bond acceptors (Lipinski definition) is 4. The Bertz CT molecular complexity index is 1340. The predicted octanol–water partition coefficient (Wildman–Crippen LogP) is 6.11. The maximum Gasteiger partial charge on any atom is 0.291 e. The molecule has 0 radical (unpaired) electrons. The predicted molar refractivity (Wildman–Crippen MR) is 113 cm³/mol. The second-order valence-electron chi connectivity index (χ2n) is 7.02. The Balaban J connectivity index is 1.50. The molecular weight excluding hydrogens is 364 g/mol. The van der Waals surface area contributed by atoms with Crippen molar-refractivity contribution in [2.75, 3.05) is 5.32 Å². The second kappa shape index (κ2) is 6.63. The number of hydrogen-bond donors (Lipinski definition) is 1. The van der Waals surface area contributed by atoms with Crippen molar-refractivity contribution < 1.29 is 13.6 Å².